The monoisotopic (exact) mass is 364 g/mol. The number of aliphatic hydroxyl groups is 1. The zero-order valence-electron chi connectivity index (χ0n) is 13.9. The average molecular weight is 364 g/mol. The van der Waals surface area contributed by atoms with Crippen molar-refractivity contribution in [3.05, 3.63) is 48.3 Å². The molecule has 0 radical (unpaired) electrons. The molecular weight excluding hydrogens is 344 g/mol. The molecule has 9 heteroatoms. The van der Waals surface area contributed by atoms with E-state index in [1.807, 2.05) is 4.72 Å². The van der Waals surface area contributed by atoms with Crippen LogP contribution in [0.1, 0.15) is 19.4 Å². The summed E-state index contributed by atoms with van der Waals surface area (Å²) in [5, 5.41) is 14.5. The minimum Gasteiger partial charge on any atom is -0.392 e. The summed E-state index contributed by atoms with van der Waals surface area (Å²) in [6.07, 6.45) is 2.60. The Hall–Kier alpha value is -2.65. The molecule has 0 spiro atoms. The van der Waals surface area contributed by atoms with Crippen LogP contribution in [0.3, 0.4) is 0 Å². The number of rotatable bonds is 6. The largest absolute Gasteiger partial charge is 0.392 e. The molecule has 0 saturated carbocycles. The number of hydrogen-bond acceptors (Lipinski definition) is 6. The van der Waals surface area contributed by atoms with Crippen LogP contribution in [-0.4, -0.2) is 30.6 Å². The van der Waals surface area contributed by atoms with E-state index in [0.717, 1.165) is 11.8 Å². The normalized spacial score (nSPS) is 11.2. The van der Waals surface area contributed by atoms with Gasteiger partial charge in [0, 0.05) is 24.1 Å². The number of nitrogens with zero attached hydrogens (tertiary/aromatic N) is 1. The minimum absolute atomic E-state index is 0.0793. The number of carbonyl (C=O) groups is 1. The van der Waals surface area contributed by atoms with Gasteiger partial charge < -0.3 is 15.7 Å². The Kier molecular flexibility index (Phi) is 5.94. The summed E-state index contributed by atoms with van der Waals surface area (Å²) in [6, 6.07) is 7.33. The average Bonchev–Trinajstić information content (AvgIpc) is 2.54. The van der Waals surface area contributed by atoms with Crippen molar-refractivity contribution in [3.63, 3.8) is 0 Å². The molecule has 2 amide bonds. The number of benzene rings is 1. The molecule has 0 fully saturated rings. The summed E-state index contributed by atoms with van der Waals surface area (Å²) in [4.78, 5) is 15.4. The van der Waals surface area contributed by atoms with E-state index in [9.17, 15) is 13.2 Å². The Balaban J connectivity index is 2.25. The van der Waals surface area contributed by atoms with Gasteiger partial charge in [-0.25, -0.2) is 17.9 Å². The second kappa shape index (κ2) is 7.95. The minimum atomic E-state index is -4.10. The zero-order valence-corrected chi connectivity index (χ0v) is 14.7. The van der Waals surface area contributed by atoms with Gasteiger partial charge in [0.2, 0.25) is 0 Å². The number of carbonyl (C=O) groups excluding carboxylic acids is 1. The second-order valence-electron chi connectivity index (χ2n) is 5.59. The number of amides is 2. The molecule has 1 heterocycles. The van der Waals surface area contributed by atoms with Gasteiger partial charge in [0.1, 0.15) is 4.90 Å². The number of anilines is 2. The lowest BCUT2D eigenvalue weighted by molar-refractivity contribution is 0.243. The van der Waals surface area contributed by atoms with Crippen LogP contribution >= 0.6 is 0 Å². The van der Waals surface area contributed by atoms with E-state index in [4.69, 9.17) is 5.11 Å². The van der Waals surface area contributed by atoms with Crippen LogP contribution in [-0.2, 0) is 16.6 Å². The number of aromatic nitrogens is 1. The maximum atomic E-state index is 12.5. The molecule has 1 aromatic carbocycles. The summed E-state index contributed by atoms with van der Waals surface area (Å²) < 4.78 is 26.9. The quantitative estimate of drug-likeness (QED) is 0.619. The third-order valence-corrected chi connectivity index (χ3v) is 4.49. The van der Waals surface area contributed by atoms with Gasteiger partial charge in [-0.2, -0.15) is 0 Å². The highest BCUT2D eigenvalue weighted by atomic mass is 32.2. The number of aliphatic hydroxyl groups excluding tert-OH is 1. The molecule has 25 heavy (non-hydrogen) atoms. The Morgan fingerprint density at radius 2 is 1.88 bits per heavy atom. The first-order chi connectivity index (χ1) is 11.8. The first-order valence-electron chi connectivity index (χ1n) is 7.56. The molecule has 0 unspecified atom stereocenters. The number of sulfonamides is 1. The first-order valence-corrected chi connectivity index (χ1v) is 9.04. The van der Waals surface area contributed by atoms with Crippen molar-refractivity contribution >= 4 is 27.4 Å². The Bertz CT molecular complexity index is 835. The lowest BCUT2D eigenvalue weighted by atomic mass is 10.2. The van der Waals surface area contributed by atoms with Gasteiger partial charge in [-0.05, 0) is 37.6 Å². The van der Waals surface area contributed by atoms with Crippen LogP contribution in [0.2, 0.25) is 0 Å². The molecule has 0 atom stereocenters. The first kappa shape index (κ1) is 18.7. The van der Waals surface area contributed by atoms with Crippen LogP contribution in [0.4, 0.5) is 16.2 Å². The predicted octanol–water partition coefficient (Wildman–Crippen LogP) is 1.71. The smallest absolute Gasteiger partial charge is 0.328 e. The molecule has 2 aromatic rings. The van der Waals surface area contributed by atoms with Gasteiger partial charge in [-0.1, -0.05) is 12.1 Å². The SMILES string of the molecule is CC(C)NC(=O)NS(=O)(=O)c1cnccc1Nc1ccc(CO)cc1. The fourth-order valence-electron chi connectivity index (χ4n) is 2.02. The molecule has 4 N–H and O–H groups in total. The van der Waals surface area contributed by atoms with Crippen LogP contribution < -0.4 is 15.4 Å². The van der Waals surface area contributed by atoms with E-state index >= 15 is 0 Å². The molecule has 134 valence electrons. The van der Waals surface area contributed by atoms with Gasteiger partial charge in [-0.3, -0.25) is 4.98 Å². The van der Waals surface area contributed by atoms with Gasteiger partial charge in [0.05, 0.1) is 12.3 Å². The van der Waals surface area contributed by atoms with Crippen LogP contribution in [0, 0.1) is 0 Å². The van der Waals surface area contributed by atoms with Crippen LogP contribution in [0.25, 0.3) is 0 Å². The van der Waals surface area contributed by atoms with E-state index < -0.39 is 16.1 Å². The Morgan fingerprint density at radius 3 is 2.48 bits per heavy atom. The van der Waals surface area contributed by atoms with Gasteiger partial charge >= 0.3 is 6.03 Å². The summed E-state index contributed by atoms with van der Waals surface area (Å²) in [7, 11) is -4.10. The van der Waals surface area contributed by atoms with Crippen molar-refractivity contribution in [2.24, 2.45) is 0 Å². The van der Waals surface area contributed by atoms with Gasteiger partial charge in [-0.15, -0.1) is 0 Å². The fourth-order valence-corrected chi connectivity index (χ4v) is 3.04. The highest BCUT2D eigenvalue weighted by Crippen LogP contribution is 2.24. The number of urea groups is 1. The fraction of sp³-hybridized carbons (Fsp3) is 0.250. The standard InChI is InChI=1S/C16H20N4O4S/c1-11(2)18-16(22)20-25(23,24)15-9-17-8-7-14(15)19-13-5-3-12(10-21)4-6-13/h3-9,11,21H,10H2,1-2H3,(H,17,19)(H2,18,20,22). The molecule has 8 nitrogen and oxygen atoms in total. The van der Waals surface area contributed by atoms with E-state index in [1.54, 1.807) is 38.1 Å². The van der Waals surface area contributed by atoms with Gasteiger partial charge in [0.15, 0.2) is 0 Å². The van der Waals surface area contributed by atoms with Crippen LogP contribution in [0.15, 0.2) is 47.6 Å². The molecule has 2 rings (SSSR count). The lowest BCUT2D eigenvalue weighted by Gasteiger charge is -2.14. The molecule has 0 bridgehead atoms. The lowest BCUT2D eigenvalue weighted by Crippen LogP contribution is -2.42. The second-order valence-corrected chi connectivity index (χ2v) is 7.24. The Labute approximate surface area is 146 Å². The predicted molar refractivity (Wildman–Crippen MR) is 93.9 cm³/mol. The molecular formula is C16H20N4O4S. The van der Waals surface area contributed by atoms with Gasteiger partial charge in [0.25, 0.3) is 10.0 Å². The molecule has 0 aliphatic heterocycles. The molecule has 0 aliphatic carbocycles. The third-order valence-electron chi connectivity index (χ3n) is 3.14. The van der Waals surface area contributed by atoms with E-state index in [2.05, 4.69) is 15.6 Å². The Morgan fingerprint density at radius 1 is 1.20 bits per heavy atom. The topological polar surface area (TPSA) is 120 Å². The summed E-state index contributed by atoms with van der Waals surface area (Å²) >= 11 is 0. The van der Waals surface area contributed by atoms with E-state index in [-0.39, 0.29) is 23.2 Å². The molecule has 0 saturated heterocycles. The van der Waals surface area contributed by atoms with Crippen molar-refractivity contribution in [3.8, 4) is 0 Å². The third kappa shape index (κ3) is 5.16. The molecule has 1 aromatic heterocycles. The van der Waals surface area contributed by atoms with Crippen molar-refractivity contribution in [2.45, 2.75) is 31.4 Å². The number of nitrogens with one attached hydrogen (secondary N) is 3. The van der Waals surface area contributed by atoms with E-state index in [1.165, 1.54) is 12.3 Å². The van der Waals surface area contributed by atoms with Crippen LogP contribution in [0.5, 0.6) is 0 Å². The highest BCUT2D eigenvalue weighted by Gasteiger charge is 2.22. The summed E-state index contributed by atoms with van der Waals surface area (Å²) in [5.74, 6) is 0. The highest BCUT2D eigenvalue weighted by molar-refractivity contribution is 7.90. The molecule has 0 aliphatic rings. The summed E-state index contributed by atoms with van der Waals surface area (Å²) in [6.45, 7) is 3.36. The van der Waals surface area contributed by atoms with Crippen molar-refractivity contribution in [2.75, 3.05) is 5.32 Å². The zero-order chi connectivity index (χ0) is 18.4. The maximum Gasteiger partial charge on any atom is 0.328 e. The maximum absolute atomic E-state index is 12.5. The number of pyridine rings is 1. The van der Waals surface area contributed by atoms with Crippen molar-refractivity contribution in [1.82, 2.24) is 15.0 Å². The van der Waals surface area contributed by atoms with Crippen molar-refractivity contribution < 1.29 is 18.3 Å². The number of hydrogen-bond donors (Lipinski definition) is 4. The van der Waals surface area contributed by atoms with Crippen molar-refractivity contribution in [1.29, 1.82) is 0 Å². The van der Waals surface area contributed by atoms with E-state index in [0.29, 0.717) is 5.69 Å². The summed E-state index contributed by atoms with van der Waals surface area (Å²) in [5.41, 5.74) is 1.64.